The quantitative estimate of drug-likeness (QED) is 0.831. The van der Waals surface area contributed by atoms with Crippen LogP contribution in [-0.2, 0) is 12.7 Å². The molecule has 0 aliphatic heterocycles. The van der Waals surface area contributed by atoms with Gasteiger partial charge in [0.2, 0.25) is 0 Å². The van der Waals surface area contributed by atoms with Gasteiger partial charge in [-0.3, -0.25) is 4.98 Å². The Bertz CT molecular complexity index is 324. The van der Waals surface area contributed by atoms with E-state index in [2.05, 4.69) is 10.3 Å². The molecule has 0 amide bonds. The maximum absolute atomic E-state index is 12.2. The van der Waals surface area contributed by atoms with E-state index in [0.29, 0.717) is 12.2 Å². The minimum absolute atomic E-state index is 0.0271. The van der Waals surface area contributed by atoms with Crippen molar-refractivity contribution in [3.8, 4) is 0 Å². The van der Waals surface area contributed by atoms with Gasteiger partial charge < -0.3 is 10.4 Å². The summed E-state index contributed by atoms with van der Waals surface area (Å²) in [6.45, 7) is 2.07. The lowest BCUT2D eigenvalue weighted by molar-refractivity contribution is -0.137. The molecule has 2 N–H and O–H groups in total. The van der Waals surface area contributed by atoms with Crippen molar-refractivity contribution in [3.05, 3.63) is 29.6 Å². The summed E-state index contributed by atoms with van der Waals surface area (Å²) >= 11 is 0. The third-order valence-corrected chi connectivity index (χ3v) is 2.06. The lowest BCUT2D eigenvalue weighted by Gasteiger charge is -2.10. The van der Waals surface area contributed by atoms with Crippen molar-refractivity contribution in [2.75, 3.05) is 6.61 Å². The van der Waals surface area contributed by atoms with Crippen molar-refractivity contribution < 1.29 is 18.3 Å². The summed E-state index contributed by atoms with van der Waals surface area (Å²) in [6, 6.07) is 2.21. The Morgan fingerprint density at radius 2 is 2.12 bits per heavy atom. The maximum atomic E-state index is 12.2. The molecule has 0 saturated heterocycles. The number of halogens is 3. The first-order valence-corrected chi connectivity index (χ1v) is 4.80. The van der Waals surface area contributed by atoms with Gasteiger partial charge in [0, 0.05) is 18.8 Å². The Morgan fingerprint density at radius 1 is 1.44 bits per heavy atom. The van der Waals surface area contributed by atoms with Crippen LogP contribution in [-0.4, -0.2) is 22.7 Å². The van der Waals surface area contributed by atoms with E-state index in [1.165, 1.54) is 6.07 Å². The first kappa shape index (κ1) is 12.9. The van der Waals surface area contributed by atoms with Gasteiger partial charge in [0.15, 0.2) is 0 Å². The minimum Gasteiger partial charge on any atom is -0.395 e. The van der Waals surface area contributed by atoms with Crippen LogP contribution in [0, 0.1) is 0 Å². The summed E-state index contributed by atoms with van der Waals surface area (Å²) < 4.78 is 36.6. The van der Waals surface area contributed by atoms with Crippen LogP contribution < -0.4 is 5.32 Å². The van der Waals surface area contributed by atoms with Gasteiger partial charge in [-0.15, -0.1) is 0 Å². The molecule has 1 heterocycles. The van der Waals surface area contributed by atoms with Crippen LogP contribution in [0.15, 0.2) is 18.3 Å². The summed E-state index contributed by atoms with van der Waals surface area (Å²) in [6.07, 6.45) is -3.54. The number of hydrogen-bond acceptors (Lipinski definition) is 3. The maximum Gasteiger partial charge on any atom is 0.417 e. The highest BCUT2D eigenvalue weighted by atomic mass is 19.4. The van der Waals surface area contributed by atoms with Gasteiger partial charge in [-0.25, -0.2) is 0 Å². The molecular weight excluding hydrogens is 221 g/mol. The SMILES string of the molecule is CC(CO)NCc1ccc(C(F)(F)F)cn1. The molecule has 0 radical (unpaired) electrons. The Hall–Kier alpha value is -1.14. The van der Waals surface area contributed by atoms with Crippen LogP contribution in [0.5, 0.6) is 0 Å². The first-order chi connectivity index (χ1) is 7.43. The van der Waals surface area contributed by atoms with E-state index in [1.54, 1.807) is 6.92 Å². The van der Waals surface area contributed by atoms with Crippen molar-refractivity contribution in [2.24, 2.45) is 0 Å². The van der Waals surface area contributed by atoms with Gasteiger partial charge in [-0.05, 0) is 19.1 Å². The number of nitrogens with zero attached hydrogens (tertiary/aromatic N) is 1. The van der Waals surface area contributed by atoms with E-state index in [4.69, 9.17) is 5.11 Å². The molecule has 1 rings (SSSR count). The van der Waals surface area contributed by atoms with E-state index in [0.717, 1.165) is 12.3 Å². The van der Waals surface area contributed by atoms with E-state index in [1.807, 2.05) is 0 Å². The Kier molecular flexibility index (Phi) is 4.26. The second kappa shape index (κ2) is 5.27. The van der Waals surface area contributed by atoms with Crippen LogP contribution in [0.4, 0.5) is 13.2 Å². The largest absolute Gasteiger partial charge is 0.417 e. The zero-order valence-electron chi connectivity index (χ0n) is 8.75. The highest BCUT2D eigenvalue weighted by Crippen LogP contribution is 2.28. The van der Waals surface area contributed by atoms with Crippen molar-refractivity contribution in [2.45, 2.75) is 25.7 Å². The van der Waals surface area contributed by atoms with Crippen LogP contribution >= 0.6 is 0 Å². The van der Waals surface area contributed by atoms with E-state index in [-0.39, 0.29) is 12.6 Å². The predicted molar refractivity (Wildman–Crippen MR) is 52.6 cm³/mol. The highest BCUT2D eigenvalue weighted by Gasteiger charge is 2.30. The van der Waals surface area contributed by atoms with Crippen LogP contribution in [0.1, 0.15) is 18.2 Å². The summed E-state index contributed by atoms with van der Waals surface area (Å²) in [5, 5.41) is 11.6. The standard InChI is InChI=1S/C10H13F3N2O/c1-7(6-16)14-5-9-3-2-8(4-15-9)10(11,12)13/h2-4,7,14,16H,5-6H2,1H3. The molecule has 0 saturated carbocycles. The van der Waals surface area contributed by atoms with Gasteiger partial charge in [0.1, 0.15) is 0 Å². The number of aromatic nitrogens is 1. The number of hydrogen-bond donors (Lipinski definition) is 2. The van der Waals surface area contributed by atoms with Crippen LogP contribution in [0.3, 0.4) is 0 Å². The fourth-order valence-electron chi connectivity index (χ4n) is 1.04. The number of nitrogens with one attached hydrogen (secondary N) is 1. The zero-order chi connectivity index (χ0) is 12.2. The molecule has 0 aliphatic carbocycles. The van der Waals surface area contributed by atoms with E-state index in [9.17, 15) is 13.2 Å². The summed E-state index contributed by atoms with van der Waals surface area (Å²) in [4.78, 5) is 3.69. The van der Waals surface area contributed by atoms with E-state index >= 15 is 0 Å². The monoisotopic (exact) mass is 234 g/mol. The topological polar surface area (TPSA) is 45.1 Å². The Labute approximate surface area is 91.3 Å². The highest BCUT2D eigenvalue weighted by molar-refractivity contribution is 5.16. The van der Waals surface area contributed by atoms with Crippen LogP contribution in [0.25, 0.3) is 0 Å². The smallest absolute Gasteiger partial charge is 0.395 e. The van der Waals surface area contributed by atoms with Crippen molar-refractivity contribution in [1.82, 2.24) is 10.3 Å². The fraction of sp³-hybridized carbons (Fsp3) is 0.500. The molecule has 6 heteroatoms. The summed E-state index contributed by atoms with van der Waals surface area (Å²) in [5.41, 5.74) is -0.250. The molecule has 0 bridgehead atoms. The van der Waals surface area contributed by atoms with Crippen LogP contribution in [0.2, 0.25) is 0 Å². The second-order valence-electron chi connectivity index (χ2n) is 3.50. The average molecular weight is 234 g/mol. The van der Waals surface area contributed by atoms with Gasteiger partial charge in [0.05, 0.1) is 17.9 Å². The third-order valence-electron chi connectivity index (χ3n) is 2.06. The van der Waals surface area contributed by atoms with Gasteiger partial charge >= 0.3 is 6.18 Å². The van der Waals surface area contributed by atoms with Crippen molar-refractivity contribution in [1.29, 1.82) is 0 Å². The van der Waals surface area contributed by atoms with E-state index < -0.39 is 11.7 Å². The lowest BCUT2D eigenvalue weighted by Crippen LogP contribution is -2.29. The number of pyridine rings is 1. The molecule has 1 aromatic rings. The van der Waals surface area contributed by atoms with Gasteiger partial charge in [-0.1, -0.05) is 0 Å². The van der Waals surface area contributed by atoms with Gasteiger partial charge in [-0.2, -0.15) is 13.2 Å². The normalized spacial score (nSPS) is 13.8. The molecule has 90 valence electrons. The van der Waals surface area contributed by atoms with Crippen molar-refractivity contribution >= 4 is 0 Å². The molecule has 0 aromatic carbocycles. The van der Waals surface area contributed by atoms with Crippen molar-refractivity contribution in [3.63, 3.8) is 0 Å². The molecule has 1 aromatic heterocycles. The Morgan fingerprint density at radius 3 is 2.56 bits per heavy atom. The molecule has 0 spiro atoms. The molecule has 16 heavy (non-hydrogen) atoms. The van der Waals surface area contributed by atoms with Gasteiger partial charge in [0.25, 0.3) is 0 Å². The summed E-state index contributed by atoms with van der Waals surface area (Å²) in [5.74, 6) is 0. The fourth-order valence-corrected chi connectivity index (χ4v) is 1.04. The average Bonchev–Trinajstić information content (AvgIpc) is 2.25. The molecule has 3 nitrogen and oxygen atoms in total. The lowest BCUT2D eigenvalue weighted by atomic mass is 10.2. The molecule has 1 atom stereocenters. The number of aliphatic hydroxyl groups excluding tert-OH is 1. The first-order valence-electron chi connectivity index (χ1n) is 4.80. The summed E-state index contributed by atoms with van der Waals surface area (Å²) in [7, 11) is 0. The molecule has 0 fully saturated rings. The molecule has 0 aliphatic rings. The number of alkyl halides is 3. The third kappa shape index (κ3) is 3.79. The molecule has 1 unspecified atom stereocenters. The molecular formula is C10H13F3N2O. The minimum atomic E-state index is -4.35. The Balaban J connectivity index is 2.58. The number of aliphatic hydroxyl groups is 1. The predicted octanol–water partition coefficient (Wildman–Crippen LogP) is 1.57. The number of rotatable bonds is 4. The zero-order valence-corrected chi connectivity index (χ0v) is 8.75. The second-order valence-corrected chi connectivity index (χ2v) is 3.50.